The van der Waals surface area contributed by atoms with Crippen LogP contribution in [0, 0.1) is 5.82 Å². The third-order valence-corrected chi connectivity index (χ3v) is 5.47. The maximum Gasteiger partial charge on any atom is 0.410 e. The van der Waals surface area contributed by atoms with Gasteiger partial charge in [0.1, 0.15) is 17.7 Å². The lowest BCUT2D eigenvalue weighted by Gasteiger charge is -2.24. The van der Waals surface area contributed by atoms with E-state index in [9.17, 15) is 9.18 Å². The molecule has 0 saturated carbocycles. The second kappa shape index (κ2) is 8.30. The summed E-state index contributed by atoms with van der Waals surface area (Å²) in [4.78, 5) is 22.8. The minimum atomic E-state index is -0.532. The number of hydrogen-bond acceptors (Lipinski definition) is 5. The first-order chi connectivity index (χ1) is 14.7. The van der Waals surface area contributed by atoms with Crippen molar-refractivity contribution in [2.45, 2.75) is 38.7 Å². The van der Waals surface area contributed by atoms with E-state index < -0.39 is 11.4 Å². The molecular formula is C23H24ClFN4O2. The number of carbonyl (C=O) groups is 1. The fourth-order valence-corrected chi connectivity index (χ4v) is 3.85. The number of carbonyl (C=O) groups excluding carboxylic acids is 1. The van der Waals surface area contributed by atoms with E-state index in [0.29, 0.717) is 18.9 Å². The Balaban J connectivity index is 1.59. The number of nitrogens with one attached hydrogen (secondary N) is 1. The maximum atomic E-state index is 14.4. The lowest BCUT2D eigenvalue weighted by Crippen LogP contribution is -2.35. The molecule has 8 heteroatoms. The number of amides is 1. The first-order valence-corrected chi connectivity index (χ1v) is 10.5. The maximum absolute atomic E-state index is 14.4. The highest BCUT2D eigenvalue weighted by Gasteiger charge is 2.30. The van der Waals surface area contributed by atoms with E-state index in [1.807, 2.05) is 39.0 Å². The molecule has 0 radical (unpaired) electrons. The van der Waals surface area contributed by atoms with Gasteiger partial charge < -0.3 is 15.0 Å². The van der Waals surface area contributed by atoms with Crippen molar-refractivity contribution >= 4 is 40.1 Å². The third kappa shape index (κ3) is 4.71. The van der Waals surface area contributed by atoms with Gasteiger partial charge in [-0.3, -0.25) is 0 Å². The van der Waals surface area contributed by atoms with Crippen molar-refractivity contribution in [2.24, 2.45) is 0 Å². The van der Waals surface area contributed by atoms with E-state index >= 15 is 0 Å². The van der Waals surface area contributed by atoms with Crippen LogP contribution < -0.4 is 5.32 Å². The Hall–Kier alpha value is -2.93. The second-order valence-electron chi connectivity index (χ2n) is 8.64. The minimum Gasteiger partial charge on any atom is -0.444 e. The van der Waals surface area contributed by atoms with E-state index in [1.165, 1.54) is 12.4 Å². The van der Waals surface area contributed by atoms with Crippen molar-refractivity contribution < 1.29 is 13.9 Å². The molecule has 1 amide bonds. The van der Waals surface area contributed by atoms with Crippen molar-refractivity contribution in [3.8, 4) is 0 Å². The minimum absolute atomic E-state index is 0.0391. The van der Waals surface area contributed by atoms with Crippen molar-refractivity contribution in [2.75, 3.05) is 18.4 Å². The van der Waals surface area contributed by atoms with Crippen LogP contribution in [0.1, 0.15) is 38.7 Å². The van der Waals surface area contributed by atoms with Gasteiger partial charge >= 0.3 is 6.09 Å². The number of ether oxygens (including phenoxy) is 1. The molecule has 3 aromatic rings. The average molecular weight is 443 g/mol. The van der Waals surface area contributed by atoms with Crippen LogP contribution in [0.15, 0.2) is 42.7 Å². The van der Waals surface area contributed by atoms with Gasteiger partial charge in [-0.2, -0.15) is 0 Å². The Morgan fingerprint density at radius 2 is 2.06 bits per heavy atom. The summed E-state index contributed by atoms with van der Waals surface area (Å²) in [5.74, 6) is 0.138. The summed E-state index contributed by atoms with van der Waals surface area (Å²) in [7, 11) is 0. The van der Waals surface area contributed by atoms with Crippen LogP contribution in [0.5, 0.6) is 0 Å². The average Bonchev–Trinajstić information content (AvgIpc) is 3.21. The summed E-state index contributed by atoms with van der Waals surface area (Å²) in [5, 5.41) is 3.84. The first kappa shape index (κ1) is 21.3. The lowest BCUT2D eigenvalue weighted by atomic mass is 9.97. The molecule has 0 bridgehead atoms. The van der Waals surface area contributed by atoms with Crippen LogP contribution in [-0.2, 0) is 4.74 Å². The number of rotatable bonds is 3. The summed E-state index contributed by atoms with van der Waals surface area (Å²) >= 11 is 5.90. The third-order valence-electron chi connectivity index (χ3n) is 5.18. The fraction of sp³-hybridized carbons (Fsp3) is 0.348. The van der Waals surface area contributed by atoms with Gasteiger partial charge in [0.2, 0.25) is 0 Å². The standard InChI is InChI=1S/C23H24ClFN4O2/c1-23(2,3)31-22(30)29-10-9-15(12-29)14-7-8-18-16(11-14)21(27-13-26-18)28-19-6-4-5-17(24)20(19)25/h4-8,11,13,15H,9-10,12H2,1-3H3,(H,26,27,28)/t15-/m1/s1. The molecule has 2 heterocycles. The number of hydrogen-bond donors (Lipinski definition) is 1. The van der Waals surface area contributed by atoms with Crippen LogP contribution in [0.4, 0.5) is 20.7 Å². The predicted molar refractivity (Wildman–Crippen MR) is 119 cm³/mol. The van der Waals surface area contributed by atoms with Crippen molar-refractivity contribution in [3.63, 3.8) is 0 Å². The summed E-state index contributed by atoms with van der Waals surface area (Å²) in [6.45, 7) is 6.80. The molecule has 2 aromatic carbocycles. The molecule has 6 nitrogen and oxygen atoms in total. The Morgan fingerprint density at radius 3 is 2.84 bits per heavy atom. The molecule has 1 aliphatic heterocycles. The molecule has 162 valence electrons. The van der Waals surface area contributed by atoms with Crippen molar-refractivity contribution in [1.82, 2.24) is 14.9 Å². The van der Waals surface area contributed by atoms with Crippen LogP contribution in [-0.4, -0.2) is 39.7 Å². The Kier molecular flexibility index (Phi) is 5.71. The molecule has 1 fully saturated rings. The number of likely N-dealkylation sites (tertiary alicyclic amines) is 1. The van der Waals surface area contributed by atoms with E-state index in [-0.39, 0.29) is 22.7 Å². The van der Waals surface area contributed by atoms with E-state index in [4.69, 9.17) is 16.3 Å². The van der Waals surface area contributed by atoms with Gasteiger partial charge in [0, 0.05) is 24.4 Å². The van der Waals surface area contributed by atoms with Gasteiger partial charge in [-0.15, -0.1) is 0 Å². The molecule has 1 atom stereocenters. The first-order valence-electron chi connectivity index (χ1n) is 10.1. The number of nitrogens with zero attached hydrogens (tertiary/aromatic N) is 3. The van der Waals surface area contributed by atoms with Gasteiger partial charge in [0.25, 0.3) is 0 Å². The monoisotopic (exact) mass is 442 g/mol. The smallest absolute Gasteiger partial charge is 0.410 e. The van der Waals surface area contributed by atoms with Gasteiger partial charge in [-0.1, -0.05) is 23.7 Å². The molecule has 1 saturated heterocycles. The molecule has 0 unspecified atom stereocenters. The summed E-state index contributed by atoms with van der Waals surface area (Å²) < 4.78 is 19.9. The molecular weight excluding hydrogens is 419 g/mol. The largest absolute Gasteiger partial charge is 0.444 e. The Morgan fingerprint density at radius 1 is 1.26 bits per heavy atom. The quantitative estimate of drug-likeness (QED) is 0.547. The number of aromatic nitrogens is 2. The normalized spacial score (nSPS) is 16.5. The van der Waals surface area contributed by atoms with Crippen LogP contribution in [0.25, 0.3) is 10.9 Å². The molecule has 31 heavy (non-hydrogen) atoms. The van der Waals surface area contributed by atoms with Crippen molar-refractivity contribution in [1.29, 1.82) is 0 Å². The Bertz CT molecular complexity index is 1130. The predicted octanol–water partition coefficient (Wildman–Crippen LogP) is 5.89. The fourth-order valence-electron chi connectivity index (χ4n) is 3.68. The number of anilines is 2. The number of benzene rings is 2. The van der Waals surface area contributed by atoms with E-state index in [0.717, 1.165) is 22.9 Å². The molecule has 4 rings (SSSR count). The number of fused-ring (bicyclic) bond motifs is 1. The van der Waals surface area contributed by atoms with Gasteiger partial charge in [0.05, 0.1) is 16.2 Å². The van der Waals surface area contributed by atoms with Crippen molar-refractivity contribution in [3.05, 3.63) is 59.1 Å². The zero-order valence-corrected chi connectivity index (χ0v) is 18.4. The number of halogens is 2. The van der Waals surface area contributed by atoms with Crippen LogP contribution in [0.2, 0.25) is 5.02 Å². The van der Waals surface area contributed by atoms with E-state index in [2.05, 4.69) is 15.3 Å². The highest BCUT2D eigenvalue weighted by atomic mass is 35.5. The summed E-state index contributed by atoms with van der Waals surface area (Å²) in [6.07, 6.45) is 1.98. The topological polar surface area (TPSA) is 67.3 Å². The second-order valence-corrected chi connectivity index (χ2v) is 9.04. The molecule has 1 aliphatic rings. The van der Waals surface area contributed by atoms with Gasteiger partial charge in [-0.25, -0.2) is 19.2 Å². The highest BCUT2D eigenvalue weighted by molar-refractivity contribution is 6.31. The zero-order chi connectivity index (χ0) is 22.2. The van der Waals surface area contributed by atoms with Crippen LogP contribution >= 0.6 is 11.6 Å². The molecule has 1 aromatic heterocycles. The summed E-state index contributed by atoms with van der Waals surface area (Å²) in [5.41, 5.74) is 1.54. The SMILES string of the molecule is CC(C)(C)OC(=O)N1CC[C@@H](c2ccc3ncnc(Nc4cccc(Cl)c4F)c3c2)C1. The molecule has 0 aliphatic carbocycles. The molecule has 0 spiro atoms. The Labute approximate surface area is 185 Å². The summed E-state index contributed by atoms with van der Waals surface area (Å²) in [6, 6.07) is 10.7. The highest BCUT2D eigenvalue weighted by Crippen LogP contribution is 2.33. The lowest BCUT2D eigenvalue weighted by molar-refractivity contribution is 0.0292. The van der Waals surface area contributed by atoms with Gasteiger partial charge in [0.15, 0.2) is 5.82 Å². The van der Waals surface area contributed by atoms with Gasteiger partial charge in [-0.05, 0) is 57.0 Å². The zero-order valence-electron chi connectivity index (χ0n) is 17.7. The van der Waals surface area contributed by atoms with Crippen LogP contribution in [0.3, 0.4) is 0 Å². The van der Waals surface area contributed by atoms with E-state index in [1.54, 1.807) is 17.0 Å². The molecule has 1 N–H and O–H groups in total.